The number of likely N-dealkylation sites (tertiary alicyclic amines) is 1. The largest absolute Gasteiger partial charge is 0.493 e. The van der Waals surface area contributed by atoms with Gasteiger partial charge in [-0.05, 0) is 49.8 Å². The van der Waals surface area contributed by atoms with Crippen LogP contribution < -0.4 is 14.8 Å². The molecule has 1 aromatic carbocycles. The number of hydrogen-bond donors (Lipinski definition) is 1. The lowest BCUT2D eigenvalue weighted by Crippen LogP contribution is -2.43. The highest BCUT2D eigenvalue weighted by molar-refractivity contribution is 5.74. The first-order valence-corrected chi connectivity index (χ1v) is 8.64. The van der Waals surface area contributed by atoms with Gasteiger partial charge in [0.05, 0.1) is 14.2 Å². The maximum absolute atomic E-state index is 12.4. The Morgan fingerprint density at radius 2 is 1.71 bits per heavy atom. The zero-order valence-corrected chi connectivity index (χ0v) is 14.6. The molecule has 0 unspecified atom stereocenters. The van der Waals surface area contributed by atoms with Gasteiger partial charge in [0.2, 0.25) is 0 Å². The molecule has 0 bridgehead atoms. The summed E-state index contributed by atoms with van der Waals surface area (Å²) < 4.78 is 10.5. The number of nitrogens with one attached hydrogen (secondary N) is 1. The van der Waals surface area contributed by atoms with Gasteiger partial charge >= 0.3 is 6.03 Å². The average molecular weight is 330 g/mol. The minimum atomic E-state index is 0.0162. The van der Waals surface area contributed by atoms with Crippen molar-refractivity contribution in [3.8, 4) is 11.5 Å². The summed E-state index contributed by atoms with van der Waals surface area (Å²) in [6, 6.07) is 5.71. The van der Waals surface area contributed by atoms with E-state index in [1.165, 1.54) is 19.3 Å². The lowest BCUT2D eigenvalue weighted by atomic mass is 9.84. The van der Waals surface area contributed by atoms with Crippen LogP contribution in [-0.4, -0.2) is 38.2 Å². The van der Waals surface area contributed by atoms with Crippen molar-refractivity contribution in [1.29, 1.82) is 0 Å². The number of nitrogens with zero attached hydrogens (tertiary/aromatic N) is 1. The second kappa shape index (κ2) is 7.60. The molecule has 0 atom stereocenters. The predicted molar refractivity (Wildman–Crippen MR) is 93.5 cm³/mol. The van der Waals surface area contributed by atoms with E-state index in [0.717, 1.165) is 31.5 Å². The van der Waals surface area contributed by atoms with E-state index in [4.69, 9.17) is 9.47 Å². The van der Waals surface area contributed by atoms with Crippen LogP contribution in [0, 0.1) is 0 Å². The smallest absolute Gasteiger partial charge is 0.317 e. The minimum absolute atomic E-state index is 0.0162. The molecule has 2 fully saturated rings. The summed E-state index contributed by atoms with van der Waals surface area (Å²) in [6.45, 7) is 2.15. The number of ether oxygens (including phenoxy) is 2. The van der Waals surface area contributed by atoms with E-state index < -0.39 is 0 Å². The summed E-state index contributed by atoms with van der Waals surface area (Å²) in [5, 5.41) is 3.00. The molecule has 1 aromatic rings. The molecule has 2 amide bonds. The average Bonchev–Trinajstić information content (AvgIpc) is 2.58. The zero-order valence-electron chi connectivity index (χ0n) is 14.6. The summed E-state index contributed by atoms with van der Waals surface area (Å²) in [5.74, 6) is 1.37. The highest BCUT2D eigenvalue weighted by atomic mass is 16.5. The Morgan fingerprint density at radius 3 is 2.29 bits per heavy atom. The van der Waals surface area contributed by atoms with Crippen LogP contribution in [0.1, 0.15) is 37.7 Å². The molecule has 5 heteroatoms. The molecule has 1 aliphatic carbocycles. The van der Waals surface area contributed by atoms with E-state index >= 15 is 0 Å². The Balaban J connectivity index is 1.51. The third kappa shape index (κ3) is 3.66. The van der Waals surface area contributed by atoms with Crippen LogP contribution in [0.25, 0.3) is 0 Å². The summed E-state index contributed by atoms with van der Waals surface area (Å²) in [5.41, 5.74) is 4.25. The fraction of sp³-hybridized carbons (Fsp3) is 0.526. The molecule has 0 radical (unpaired) electrons. The van der Waals surface area contributed by atoms with Crippen molar-refractivity contribution < 1.29 is 14.3 Å². The molecule has 130 valence electrons. The van der Waals surface area contributed by atoms with Gasteiger partial charge in [0.1, 0.15) is 0 Å². The molecule has 2 aliphatic rings. The first-order valence-electron chi connectivity index (χ1n) is 8.64. The van der Waals surface area contributed by atoms with Crippen LogP contribution >= 0.6 is 0 Å². The molecular weight excluding hydrogens is 304 g/mol. The third-order valence-electron chi connectivity index (χ3n) is 5.00. The molecular formula is C19H26N2O3. The molecule has 5 nitrogen and oxygen atoms in total. The lowest BCUT2D eigenvalue weighted by Gasteiger charge is -2.32. The number of carbonyl (C=O) groups excluding carboxylic acids is 1. The van der Waals surface area contributed by atoms with Crippen LogP contribution in [0.2, 0.25) is 0 Å². The van der Waals surface area contributed by atoms with Crippen molar-refractivity contribution in [3.63, 3.8) is 0 Å². The standard InChI is InChI=1S/C19H26N2O3/c1-23-17-7-6-14(12-18(17)24-2)13-20-19(22)21-10-8-16(9-11-21)15-4-3-5-15/h6-7,12H,3-5,8-11,13H2,1-2H3,(H,20,22). The Hall–Kier alpha value is -2.17. The van der Waals surface area contributed by atoms with Gasteiger partial charge in [-0.1, -0.05) is 17.2 Å². The highest BCUT2D eigenvalue weighted by Gasteiger charge is 2.22. The van der Waals surface area contributed by atoms with Gasteiger partial charge in [0.15, 0.2) is 11.5 Å². The number of allylic oxidation sites excluding steroid dienone is 1. The molecule has 1 saturated heterocycles. The van der Waals surface area contributed by atoms with Gasteiger partial charge in [-0.3, -0.25) is 0 Å². The summed E-state index contributed by atoms with van der Waals surface area (Å²) in [6.07, 6.45) is 5.98. The van der Waals surface area contributed by atoms with Crippen molar-refractivity contribution in [2.75, 3.05) is 27.3 Å². The van der Waals surface area contributed by atoms with Gasteiger partial charge in [0.25, 0.3) is 0 Å². The summed E-state index contributed by atoms with van der Waals surface area (Å²) in [7, 11) is 3.23. The van der Waals surface area contributed by atoms with Gasteiger partial charge in [0, 0.05) is 19.6 Å². The second-order valence-corrected chi connectivity index (χ2v) is 6.40. The third-order valence-corrected chi connectivity index (χ3v) is 5.00. The SMILES string of the molecule is COc1ccc(CNC(=O)N2CCC(=C3CCC3)CC2)cc1OC. The Morgan fingerprint density at radius 1 is 1.04 bits per heavy atom. The van der Waals surface area contributed by atoms with Crippen LogP contribution in [0.5, 0.6) is 11.5 Å². The summed E-state index contributed by atoms with van der Waals surface area (Å²) >= 11 is 0. The van der Waals surface area contributed by atoms with Crippen molar-refractivity contribution in [1.82, 2.24) is 10.2 Å². The molecule has 0 spiro atoms. The van der Waals surface area contributed by atoms with Crippen LogP contribution in [0.3, 0.4) is 0 Å². The fourth-order valence-corrected chi connectivity index (χ4v) is 3.32. The number of hydrogen-bond acceptors (Lipinski definition) is 3. The van der Waals surface area contributed by atoms with Crippen molar-refractivity contribution in [3.05, 3.63) is 34.9 Å². The molecule has 0 aromatic heterocycles. The lowest BCUT2D eigenvalue weighted by molar-refractivity contribution is 0.193. The van der Waals surface area contributed by atoms with E-state index in [0.29, 0.717) is 18.0 Å². The Bertz CT molecular complexity index is 623. The van der Waals surface area contributed by atoms with Gasteiger partial charge < -0.3 is 19.7 Å². The number of carbonyl (C=O) groups is 1. The van der Waals surface area contributed by atoms with Crippen molar-refractivity contribution in [2.45, 2.75) is 38.6 Å². The topological polar surface area (TPSA) is 50.8 Å². The monoisotopic (exact) mass is 330 g/mol. The van der Waals surface area contributed by atoms with Crippen molar-refractivity contribution in [2.24, 2.45) is 0 Å². The van der Waals surface area contributed by atoms with Gasteiger partial charge in [-0.15, -0.1) is 0 Å². The normalized spacial score (nSPS) is 17.3. The molecule has 1 aliphatic heterocycles. The fourth-order valence-electron chi connectivity index (χ4n) is 3.32. The van der Waals surface area contributed by atoms with Gasteiger partial charge in [-0.25, -0.2) is 4.79 Å². The Labute approximate surface area is 143 Å². The van der Waals surface area contributed by atoms with Crippen LogP contribution in [0.4, 0.5) is 4.79 Å². The maximum atomic E-state index is 12.4. The van der Waals surface area contributed by atoms with Crippen LogP contribution in [0.15, 0.2) is 29.3 Å². The molecule has 1 saturated carbocycles. The van der Waals surface area contributed by atoms with Crippen LogP contribution in [-0.2, 0) is 6.54 Å². The highest BCUT2D eigenvalue weighted by Crippen LogP contribution is 2.33. The van der Waals surface area contributed by atoms with E-state index in [-0.39, 0.29) is 6.03 Å². The van der Waals surface area contributed by atoms with E-state index in [2.05, 4.69) is 5.32 Å². The number of piperidine rings is 1. The first kappa shape index (κ1) is 16.7. The number of methoxy groups -OCH3 is 2. The quantitative estimate of drug-likeness (QED) is 0.860. The first-order chi connectivity index (χ1) is 11.7. The van der Waals surface area contributed by atoms with E-state index in [1.807, 2.05) is 23.1 Å². The molecule has 3 rings (SSSR count). The minimum Gasteiger partial charge on any atom is -0.493 e. The number of urea groups is 1. The Kier molecular flexibility index (Phi) is 5.28. The van der Waals surface area contributed by atoms with E-state index in [9.17, 15) is 4.79 Å². The van der Waals surface area contributed by atoms with Gasteiger partial charge in [-0.2, -0.15) is 0 Å². The number of benzene rings is 1. The second-order valence-electron chi connectivity index (χ2n) is 6.40. The van der Waals surface area contributed by atoms with E-state index in [1.54, 1.807) is 25.4 Å². The maximum Gasteiger partial charge on any atom is 0.317 e. The number of amides is 2. The van der Waals surface area contributed by atoms with Crippen molar-refractivity contribution >= 4 is 6.03 Å². The molecule has 1 N–H and O–H groups in total. The molecule has 24 heavy (non-hydrogen) atoms. The number of rotatable bonds is 4. The molecule has 1 heterocycles. The zero-order chi connectivity index (χ0) is 16.9. The summed E-state index contributed by atoms with van der Waals surface area (Å²) in [4.78, 5) is 14.3. The predicted octanol–water partition coefficient (Wildman–Crippen LogP) is 3.49.